The highest BCUT2D eigenvalue weighted by Crippen LogP contribution is 2.22. The van der Waals surface area contributed by atoms with E-state index in [-0.39, 0.29) is 5.70 Å². The summed E-state index contributed by atoms with van der Waals surface area (Å²) >= 11 is 0. The molecule has 0 atom stereocenters. The van der Waals surface area contributed by atoms with Gasteiger partial charge in [-0.15, -0.1) is 0 Å². The minimum Gasteiger partial charge on any atom is -0.477 e. The fourth-order valence-electron chi connectivity index (χ4n) is 2.45. The molecule has 0 aromatic heterocycles. The molecule has 1 N–H and O–H groups in total. The van der Waals surface area contributed by atoms with Gasteiger partial charge in [0.25, 0.3) is 0 Å². The van der Waals surface area contributed by atoms with E-state index in [2.05, 4.69) is 0 Å². The molecule has 0 heterocycles. The summed E-state index contributed by atoms with van der Waals surface area (Å²) in [6, 6.07) is 12.0. The standard InChI is InChI=1S/C21H20N2O2.2C2H6/c1-16(14-22)15-23(2)20(21(24)25)13-17-7-6-10-19(12-11-17)18-8-4-3-5-9-18;2*1-2/h3-6,8-13,15H,7H2,1-2H3,(H,24,25);2*1-2H3/b16-15+,20-13+;;. The second kappa shape index (κ2) is 14.7. The zero-order valence-corrected chi connectivity index (χ0v) is 18.3. The average Bonchev–Trinajstić information content (AvgIpc) is 3.00. The van der Waals surface area contributed by atoms with Crippen molar-refractivity contribution in [3.8, 4) is 6.07 Å². The maximum atomic E-state index is 11.6. The molecule has 1 aromatic rings. The fraction of sp³-hybridized carbons (Fsp3) is 0.280. The Morgan fingerprint density at radius 1 is 1.14 bits per heavy atom. The van der Waals surface area contributed by atoms with Gasteiger partial charge >= 0.3 is 5.97 Å². The topological polar surface area (TPSA) is 64.3 Å². The van der Waals surface area contributed by atoms with Crippen LogP contribution in [0.4, 0.5) is 0 Å². The van der Waals surface area contributed by atoms with E-state index < -0.39 is 5.97 Å². The van der Waals surface area contributed by atoms with Gasteiger partial charge in [-0.05, 0) is 36.1 Å². The molecule has 0 aliphatic heterocycles. The molecule has 0 saturated heterocycles. The first-order chi connectivity index (χ1) is 14.0. The Bertz CT molecular complexity index is 835. The number of carbonyl (C=O) groups is 1. The summed E-state index contributed by atoms with van der Waals surface area (Å²) < 4.78 is 0. The Morgan fingerprint density at radius 3 is 2.31 bits per heavy atom. The lowest BCUT2D eigenvalue weighted by atomic mass is 10.1. The third-order valence-corrected chi connectivity index (χ3v) is 3.72. The van der Waals surface area contributed by atoms with Crippen molar-refractivity contribution in [1.29, 1.82) is 5.26 Å². The van der Waals surface area contributed by atoms with Crippen molar-refractivity contribution in [1.82, 2.24) is 4.90 Å². The molecule has 4 nitrogen and oxygen atoms in total. The van der Waals surface area contributed by atoms with E-state index >= 15 is 0 Å². The van der Waals surface area contributed by atoms with E-state index in [1.54, 1.807) is 20.0 Å². The Balaban J connectivity index is 0.00000184. The number of hydrogen-bond donors (Lipinski definition) is 1. The number of carboxylic acid groups (broad SMARTS) is 1. The van der Waals surface area contributed by atoms with Crippen molar-refractivity contribution in [3.63, 3.8) is 0 Å². The summed E-state index contributed by atoms with van der Waals surface area (Å²) in [4.78, 5) is 13.0. The second-order valence-corrected chi connectivity index (χ2v) is 5.71. The summed E-state index contributed by atoms with van der Waals surface area (Å²) in [7, 11) is 1.62. The number of aliphatic carboxylic acids is 1. The lowest BCUT2D eigenvalue weighted by Gasteiger charge is -2.15. The first-order valence-corrected chi connectivity index (χ1v) is 9.90. The average molecular weight is 393 g/mol. The van der Waals surface area contributed by atoms with Crippen molar-refractivity contribution in [3.05, 3.63) is 89.3 Å². The van der Waals surface area contributed by atoms with Gasteiger partial charge < -0.3 is 10.0 Å². The Labute approximate surface area is 175 Å². The minimum absolute atomic E-state index is 0.116. The molecule has 4 heteroatoms. The van der Waals surface area contributed by atoms with Crippen LogP contribution in [0.15, 0.2) is 83.8 Å². The minimum atomic E-state index is -1.04. The summed E-state index contributed by atoms with van der Waals surface area (Å²) in [5, 5.41) is 18.3. The monoisotopic (exact) mass is 392 g/mol. The smallest absolute Gasteiger partial charge is 0.352 e. The molecular weight excluding hydrogens is 360 g/mol. The first-order valence-electron chi connectivity index (χ1n) is 9.90. The predicted molar refractivity (Wildman–Crippen MR) is 122 cm³/mol. The van der Waals surface area contributed by atoms with Gasteiger partial charge in [-0.1, -0.05) is 82.3 Å². The van der Waals surface area contributed by atoms with Gasteiger partial charge in [0.15, 0.2) is 0 Å². The molecule has 0 unspecified atom stereocenters. The van der Waals surface area contributed by atoms with Gasteiger partial charge in [-0.3, -0.25) is 0 Å². The molecule has 2 rings (SSSR count). The van der Waals surface area contributed by atoms with Gasteiger partial charge in [-0.2, -0.15) is 5.26 Å². The lowest BCUT2D eigenvalue weighted by molar-refractivity contribution is -0.133. The van der Waals surface area contributed by atoms with E-state index in [1.165, 1.54) is 11.1 Å². The van der Waals surface area contributed by atoms with E-state index in [4.69, 9.17) is 5.26 Å². The van der Waals surface area contributed by atoms with Crippen LogP contribution >= 0.6 is 0 Å². The summed E-state index contributed by atoms with van der Waals surface area (Å²) in [5.41, 5.74) is 3.63. The third-order valence-electron chi connectivity index (χ3n) is 3.72. The van der Waals surface area contributed by atoms with Crippen LogP contribution in [0.5, 0.6) is 0 Å². The normalized spacial score (nSPS) is 13.3. The summed E-state index contributed by atoms with van der Waals surface area (Å²) in [6.07, 6.45) is 11.8. The molecule has 0 radical (unpaired) electrons. The molecule has 0 fully saturated rings. The fourth-order valence-corrected chi connectivity index (χ4v) is 2.45. The molecule has 154 valence electrons. The second-order valence-electron chi connectivity index (χ2n) is 5.71. The van der Waals surface area contributed by atoms with Crippen molar-refractivity contribution in [2.45, 2.75) is 41.0 Å². The lowest BCUT2D eigenvalue weighted by Crippen LogP contribution is -2.18. The molecule has 1 aromatic carbocycles. The molecule has 0 amide bonds. The van der Waals surface area contributed by atoms with Crippen molar-refractivity contribution < 1.29 is 9.90 Å². The van der Waals surface area contributed by atoms with Crippen LogP contribution in [0.2, 0.25) is 0 Å². The number of benzene rings is 1. The zero-order chi connectivity index (χ0) is 22.2. The molecule has 1 aliphatic carbocycles. The van der Waals surface area contributed by atoms with E-state index in [1.807, 2.05) is 88.4 Å². The quantitative estimate of drug-likeness (QED) is 0.469. The number of rotatable bonds is 5. The number of allylic oxidation sites excluding steroid dienone is 8. The van der Waals surface area contributed by atoms with Crippen LogP contribution in [0.3, 0.4) is 0 Å². The van der Waals surface area contributed by atoms with E-state index in [0.29, 0.717) is 12.0 Å². The van der Waals surface area contributed by atoms with Crippen molar-refractivity contribution in [2.24, 2.45) is 0 Å². The first kappa shape index (κ1) is 25.7. The summed E-state index contributed by atoms with van der Waals surface area (Å²) in [5.74, 6) is -1.04. The highest BCUT2D eigenvalue weighted by Gasteiger charge is 2.12. The van der Waals surface area contributed by atoms with Crippen molar-refractivity contribution >= 4 is 11.5 Å². The number of carboxylic acids is 1. The van der Waals surface area contributed by atoms with Gasteiger partial charge in [0.2, 0.25) is 0 Å². The van der Waals surface area contributed by atoms with Crippen LogP contribution in [0, 0.1) is 11.3 Å². The maximum Gasteiger partial charge on any atom is 0.352 e. The van der Waals surface area contributed by atoms with Crippen LogP contribution < -0.4 is 0 Å². The molecule has 0 bridgehead atoms. The van der Waals surface area contributed by atoms with Gasteiger partial charge in [0, 0.05) is 18.8 Å². The van der Waals surface area contributed by atoms with Crippen LogP contribution in [0.25, 0.3) is 5.57 Å². The summed E-state index contributed by atoms with van der Waals surface area (Å²) in [6.45, 7) is 9.64. The van der Waals surface area contributed by atoms with Crippen LogP contribution in [-0.4, -0.2) is 23.0 Å². The number of hydrogen-bond acceptors (Lipinski definition) is 3. The van der Waals surface area contributed by atoms with Crippen molar-refractivity contribution in [2.75, 3.05) is 7.05 Å². The molecular formula is C25H32N2O2. The predicted octanol–water partition coefficient (Wildman–Crippen LogP) is 6.34. The Morgan fingerprint density at radius 2 is 1.76 bits per heavy atom. The molecule has 0 saturated carbocycles. The molecule has 29 heavy (non-hydrogen) atoms. The molecule has 1 aliphatic rings. The number of nitriles is 1. The van der Waals surface area contributed by atoms with Crippen LogP contribution in [-0.2, 0) is 4.79 Å². The number of nitrogens with zero attached hydrogens (tertiary/aromatic N) is 2. The Hall–Kier alpha value is -3.32. The SMILES string of the molecule is C/C(C#N)=C\N(C)/C(=C/C1=CC=C(c2ccccc2)C=CC1)C(=O)O.CC.CC. The van der Waals surface area contributed by atoms with Crippen LogP contribution in [0.1, 0.15) is 46.6 Å². The van der Waals surface area contributed by atoms with E-state index in [0.717, 1.165) is 16.7 Å². The maximum absolute atomic E-state index is 11.6. The highest BCUT2D eigenvalue weighted by molar-refractivity contribution is 5.87. The third kappa shape index (κ3) is 8.94. The highest BCUT2D eigenvalue weighted by atomic mass is 16.4. The zero-order valence-electron chi connectivity index (χ0n) is 18.3. The number of likely N-dealkylation sites (N-methyl/N-ethyl adjacent to an activating group) is 1. The largest absolute Gasteiger partial charge is 0.477 e. The van der Waals surface area contributed by atoms with E-state index in [9.17, 15) is 9.90 Å². The van der Waals surface area contributed by atoms with Gasteiger partial charge in [0.1, 0.15) is 5.70 Å². The van der Waals surface area contributed by atoms with Gasteiger partial charge in [-0.25, -0.2) is 4.79 Å². The van der Waals surface area contributed by atoms with Gasteiger partial charge in [0.05, 0.1) is 6.07 Å². The Kier molecular flexibility index (Phi) is 13.0. The molecule has 0 spiro atoms.